The van der Waals surface area contributed by atoms with Gasteiger partial charge in [-0.3, -0.25) is 0 Å². The molecule has 0 heterocycles. The van der Waals surface area contributed by atoms with Crippen molar-refractivity contribution < 1.29 is 5.11 Å². The van der Waals surface area contributed by atoms with Crippen molar-refractivity contribution in [1.29, 1.82) is 0 Å². The maximum atomic E-state index is 9.67. The van der Waals surface area contributed by atoms with Crippen LogP contribution in [-0.4, -0.2) is 40.8 Å². The Morgan fingerprint density at radius 1 is 1.00 bits per heavy atom. The second-order valence-electron chi connectivity index (χ2n) is 4.52. The Morgan fingerprint density at radius 3 is 1.94 bits per heavy atom. The molecule has 0 spiro atoms. The van der Waals surface area contributed by atoms with E-state index in [1.54, 1.807) is 6.20 Å². The summed E-state index contributed by atoms with van der Waals surface area (Å²) in [6.45, 7) is 17.8. The van der Waals surface area contributed by atoms with Crippen molar-refractivity contribution in [2.45, 2.75) is 32.8 Å². The molecule has 0 aromatic rings. The fraction of sp³-hybridized carbons (Fsp3) is 0.600. The lowest BCUT2D eigenvalue weighted by atomic mass is 10.1. The lowest BCUT2D eigenvalue weighted by molar-refractivity contribution is 0.107. The van der Waals surface area contributed by atoms with E-state index in [0.717, 1.165) is 19.4 Å². The summed E-state index contributed by atoms with van der Waals surface area (Å²) in [5, 5.41) is 9.67. The third-order valence-electron chi connectivity index (χ3n) is 3.12. The van der Waals surface area contributed by atoms with E-state index in [9.17, 15) is 5.11 Å². The minimum atomic E-state index is -0.309. The van der Waals surface area contributed by atoms with Gasteiger partial charge in [0.25, 0.3) is 0 Å². The molecule has 0 fully saturated rings. The number of rotatable bonds is 11. The molecule has 1 unspecified atom stereocenters. The number of hydrogen-bond acceptors (Lipinski definition) is 3. The molecule has 0 amide bonds. The SMILES string of the molecule is C=CC(CC)CN(C=C)CN(C=C)C[C@@H](O)CC. The molecule has 1 N–H and O–H groups in total. The van der Waals surface area contributed by atoms with E-state index >= 15 is 0 Å². The van der Waals surface area contributed by atoms with Crippen LogP contribution in [0.25, 0.3) is 0 Å². The summed E-state index contributed by atoms with van der Waals surface area (Å²) >= 11 is 0. The van der Waals surface area contributed by atoms with Gasteiger partial charge >= 0.3 is 0 Å². The molecule has 0 saturated carbocycles. The zero-order chi connectivity index (χ0) is 14.0. The Bertz CT molecular complexity index is 253. The third kappa shape index (κ3) is 6.50. The molecule has 3 heteroatoms. The minimum absolute atomic E-state index is 0.309. The smallest absolute Gasteiger partial charge is 0.0893 e. The van der Waals surface area contributed by atoms with Crippen LogP contribution in [0.4, 0.5) is 0 Å². The molecule has 0 aliphatic rings. The van der Waals surface area contributed by atoms with Gasteiger partial charge in [0.1, 0.15) is 0 Å². The molecule has 104 valence electrons. The molecule has 2 atom stereocenters. The van der Waals surface area contributed by atoms with Crippen LogP contribution in [0.2, 0.25) is 0 Å². The van der Waals surface area contributed by atoms with Crippen molar-refractivity contribution in [2.75, 3.05) is 19.8 Å². The molecule has 0 aliphatic heterocycles. The highest BCUT2D eigenvalue weighted by Crippen LogP contribution is 2.08. The number of nitrogens with zero attached hydrogens (tertiary/aromatic N) is 2. The predicted octanol–water partition coefficient (Wildman–Crippen LogP) is 2.82. The third-order valence-corrected chi connectivity index (χ3v) is 3.12. The summed E-state index contributed by atoms with van der Waals surface area (Å²) < 4.78 is 0. The maximum absolute atomic E-state index is 9.67. The van der Waals surface area contributed by atoms with Gasteiger partial charge in [-0.05, 0) is 31.2 Å². The highest BCUT2D eigenvalue weighted by atomic mass is 16.3. The topological polar surface area (TPSA) is 26.7 Å². The van der Waals surface area contributed by atoms with E-state index in [0.29, 0.717) is 19.1 Å². The number of aliphatic hydroxyl groups is 1. The van der Waals surface area contributed by atoms with E-state index in [-0.39, 0.29) is 6.10 Å². The Hall–Kier alpha value is -1.22. The van der Waals surface area contributed by atoms with E-state index in [1.807, 2.05) is 24.1 Å². The van der Waals surface area contributed by atoms with Crippen molar-refractivity contribution in [3.63, 3.8) is 0 Å². The Morgan fingerprint density at radius 2 is 1.56 bits per heavy atom. The first-order valence-electron chi connectivity index (χ1n) is 6.64. The van der Waals surface area contributed by atoms with Crippen LogP contribution in [0.1, 0.15) is 26.7 Å². The van der Waals surface area contributed by atoms with Crippen LogP contribution in [0.5, 0.6) is 0 Å². The van der Waals surface area contributed by atoms with Gasteiger partial charge in [-0.1, -0.05) is 33.1 Å². The van der Waals surface area contributed by atoms with Crippen molar-refractivity contribution >= 4 is 0 Å². The number of aliphatic hydroxyl groups excluding tert-OH is 1. The van der Waals surface area contributed by atoms with Crippen molar-refractivity contribution in [1.82, 2.24) is 9.80 Å². The average Bonchev–Trinajstić information content (AvgIpc) is 2.41. The monoisotopic (exact) mass is 252 g/mol. The fourth-order valence-corrected chi connectivity index (χ4v) is 1.68. The fourth-order valence-electron chi connectivity index (χ4n) is 1.68. The van der Waals surface area contributed by atoms with Crippen molar-refractivity contribution in [2.24, 2.45) is 5.92 Å². The summed E-state index contributed by atoms with van der Waals surface area (Å²) in [7, 11) is 0. The zero-order valence-electron chi connectivity index (χ0n) is 11.9. The lowest BCUT2D eigenvalue weighted by Crippen LogP contribution is -2.37. The van der Waals surface area contributed by atoms with E-state index in [4.69, 9.17) is 0 Å². The average molecular weight is 252 g/mol. The Labute approximate surface area is 112 Å². The highest BCUT2D eigenvalue weighted by molar-refractivity contribution is 4.85. The largest absolute Gasteiger partial charge is 0.391 e. The molecule has 0 saturated heterocycles. The molecule has 3 nitrogen and oxygen atoms in total. The quantitative estimate of drug-likeness (QED) is 0.452. The summed E-state index contributed by atoms with van der Waals surface area (Å²) in [6.07, 6.45) is 7.10. The standard InChI is InChI=1S/C15H28N2O/c1-6-14(7-2)11-16(9-4)13-17(10-5)12-15(18)8-3/h6,9-10,14-15,18H,1,4-5,7-8,11-13H2,2-3H3/t14?,15-/m0/s1. The Kier molecular flexibility index (Phi) is 9.11. The molecule has 0 aromatic carbocycles. The molecule has 0 aromatic heterocycles. The van der Waals surface area contributed by atoms with Crippen LogP contribution >= 0.6 is 0 Å². The minimum Gasteiger partial charge on any atom is -0.391 e. The molecule has 18 heavy (non-hydrogen) atoms. The van der Waals surface area contributed by atoms with E-state index in [1.165, 1.54) is 0 Å². The van der Waals surface area contributed by atoms with Gasteiger partial charge in [0.05, 0.1) is 12.8 Å². The molecule has 0 aliphatic carbocycles. The van der Waals surface area contributed by atoms with Gasteiger partial charge in [0.15, 0.2) is 0 Å². The van der Waals surface area contributed by atoms with Gasteiger partial charge in [-0.25, -0.2) is 0 Å². The predicted molar refractivity (Wildman–Crippen MR) is 78.9 cm³/mol. The van der Waals surface area contributed by atoms with Crippen molar-refractivity contribution in [3.05, 3.63) is 38.2 Å². The van der Waals surface area contributed by atoms with Gasteiger partial charge in [0, 0.05) is 13.1 Å². The highest BCUT2D eigenvalue weighted by Gasteiger charge is 2.11. The lowest BCUT2D eigenvalue weighted by Gasteiger charge is -2.31. The summed E-state index contributed by atoms with van der Waals surface area (Å²) in [4.78, 5) is 4.13. The van der Waals surface area contributed by atoms with Crippen LogP contribution < -0.4 is 0 Å². The molecule has 0 radical (unpaired) electrons. The Balaban J connectivity index is 4.34. The summed E-state index contributed by atoms with van der Waals surface area (Å²) in [6, 6.07) is 0. The molecular weight excluding hydrogens is 224 g/mol. The van der Waals surface area contributed by atoms with E-state index in [2.05, 4.69) is 31.6 Å². The van der Waals surface area contributed by atoms with Gasteiger partial charge < -0.3 is 14.9 Å². The maximum Gasteiger partial charge on any atom is 0.0893 e. The summed E-state index contributed by atoms with van der Waals surface area (Å²) in [5.74, 6) is 0.464. The van der Waals surface area contributed by atoms with Crippen molar-refractivity contribution in [3.8, 4) is 0 Å². The zero-order valence-corrected chi connectivity index (χ0v) is 11.9. The van der Waals surface area contributed by atoms with Crippen LogP contribution in [0.3, 0.4) is 0 Å². The van der Waals surface area contributed by atoms with Gasteiger partial charge in [0.2, 0.25) is 0 Å². The molecule has 0 rings (SSSR count). The van der Waals surface area contributed by atoms with Crippen LogP contribution in [0, 0.1) is 5.92 Å². The van der Waals surface area contributed by atoms with Gasteiger partial charge in [-0.15, -0.1) is 6.58 Å². The van der Waals surface area contributed by atoms with E-state index < -0.39 is 0 Å². The first kappa shape index (κ1) is 16.8. The van der Waals surface area contributed by atoms with Gasteiger partial charge in [-0.2, -0.15) is 0 Å². The second kappa shape index (κ2) is 9.77. The first-order valence-corrected chi connectivity index (χ1v) is 6.64. The molecule has 0 bridgehead atoms. The first-order chi connectivity index (χ1) is 8.60. The van der Waals surface area contributed by atoms with Crippen LogP contribution in [-0.2, 0) is 0 Å². The summed E-state index contributed by atoms with van der Waals surface area (Å²) in [5.41, 5.74) is 0. The molecular formula is C15H28N2O. The normalized spacial score (nSPS) is 13.5. The van der Waals surface area contributed by atoms with Crippen LogP contribution in [0.15, 0.2) is 38.2 Å². The second-order valence-corrected chi connectivity index (χ2v) is 4.52. The number of hydrogen-bond donors (Lipinski definition) is 1.